The summed E-state index contributed by atoms with van der Waals surface area (Å²) in [7, 11) is -4.29. The van der Waals surface area contributed by atoms with Gasteiger partial charge in [-0.3, -0.25) is 4.57 Å². The first-order valence-electron chi connectivity index (χ1n) is 10.9. The third-order valence-electron chi connectivity index (χ3n) is 6.52. The Bertz CT molecular complexity index is 1800. The van der Waals surface area contributed by atoms with E-state index in [1.165, 1.54) is 54.7 Å². The molecule has 6 rings (SSSR count). The maximum absolute atomic E-state index is 15.1. The number of carbonyl (C=O) groups excluding carboxylic acids is 1. The number of nitrogens with zero attached hydrogens (tertiary/aromatic N) is 2. The monoisotopic (exact) mass is 510 g/mol. The Labute approximate surface area is 203 Å². The van der Waals surface area contributed by atoms with Crippen molar-refractivity contribution >= 4 is 37.8 Å². The molecule has 0 bridgehead atoms. The van der Waals surface area contributed by atoms with Crippen molar-refractivity contribution in [2.75, 3.05) is 0 Å². The molecule has 3 heterocycles. The van der Waals surface area contributed by atoms with Crippen molar-refractivity contribution in [1.29, 1.82) is 0 Å². The van der Waals surface area contributed by atoms with E-state index in [-0.39, 0.29) is 26.9 Å². The van der Waals surface area contributed by atoms with Crippen molar-refractivity contribution in [3.63, 3.8) is 0 Å². The number of alkyl halides is 3. The lowest BCUT2D eigenvalue weighted by molar-refractivity contribution is -0.276. The van der Waals surface area contributed by atoms with E-state index in [1.54, 1.807) is 31.2 Å². The number of benzene rings is 3. The SMILES string of the molecule is Cc1ccc(S(=O)(=O)n2cc([C@]3(C(F)(F)F)OC(=O)c4cccc5ccn3c45)c3ccccc32)cc1. The Morgan fingerprint density at radius 3 is 2.36 bits per heavy atom. The van der Waals surface area contributed by atoms with Gasteiger partial charge in [-0.05, 0) is 37.3 Å². The molecule has 0 saturated heterocycles. The quantitative estimate of drug-likeness (QED) is 0.298. The number of esters is 1. The first-order valence-corrected chi connectivity index (χ1v) is 12.3. The Balaban J connectivity index is 1.72. The van der Waals surface area contributed by atoms with E-state index >= 15 is 13.2 Å². The van der Waals surface area contributed by atoms with E-state index in [0.29, 0.717) is 5.39 Å². The summed E-state index contributed by atoms with van der Waals surface area (Å²) in [4.78, 5) is 12.9. The van der Waals surface area contributed by atoms with E-state index in [0.717, 1.165) is 20.3 Å². The molecule has 0 N–H and O–H groups in total. The summed E-state index contributed by atoms with van der Waals surface area (Å²) in [6, 6.07) is 17.8. The van der Waals surface area contributed by atoms with Gasteiger partial charge in [0.25, 0.3) is 10.0 Å². The van der Waals surface area contributed by atoms with Gasteiger partial charge in [0.05, 0.1) is 27.1 Å². The number of halogens is 3. The summed E-state index contributed by atoms with van der Waals surface area (Å²) in [6.07, 6.45) is -3.03. The maximum atomic E-state index is 15.1. The number of aryl methyl sites for hydroxylation is 1. The Morgan fingerprint density at radius 2 is 1.64 bits per heavy atom. The number of hydrogen-bond donors (Lipinski definition) is 0. The number of aromatic nitrogens is 2. The van der Waals surface area contributed by atoms with Crippen LogP contribution in [0.3, 0.4) is 0 Å². The molecular weight excluding hydrogens is 493 g/mol. The van der Waals surface area contributed by atoms with E-state index in [1.807, 2.05) is 0 Å². The lowest BCUT2D eigenvalue weighted by atomic mass is 9.98. The van der Waals surface area contributed by atoms with Crippen LogP contribution in [0.15, 0.2) is 90.1 Å². The van der Waals surface area contributed by atoms with Gasteiger partial charge in [0, 0.05) is 23.2 Å². The van der Waals surface area contributed by atoms with Crippen LogP contribution in [0, 0.1) is 6.92 Å². The van der Waals surface area contributed by atoms with Gasteiger partial charge in [0.1, 0.15) is 0 Å². The van der Waals surface area contributed by atoms with Crippen LogP contribution in [-0.4, -0.2) is 29.1 Å². The number of cyclic esters (lactones) is 1. The predicted molar refractivity (Wildman–Crippen MR) is 126 cm³/mol. The summed E-state index contributed by atoms with van der Waals surface area (Å²) < 4.78 is 79.4. The van der Waals surface area contributed by atoms with Crippen molar-refractivity contribution in [1.82, 2.24) is 8.54 Å². The van der Waals surface area contributed by atoms with Crippen LogP contribution in [-0.2, 0) is 20.5 Å². The lowest BCUT2D eigenvalue weighted by Gasteiger charge is -2.39. The minimum absolute atomic E-state index is 0.00612. The van der Waals surface area contributed by atoms with Crippen molar-refractivity contribution in [3.05, 3.63) is 102 Å². The summed E-state index contributed by atoms with van der Waals surface area (Å²) in [5.41, 5.74) is -2.89. The topological polar surface area (TPSA) is 70.3 Å². The molecule has 5 aromatic rings. The van der Waals surface area contributed by atoms with E-state index in [2.05, 4.69) is 0 Å². The first kappa shape index (κ1) is 22.4. The fourth-order valence-corrected chi connectivity index (χ4v) is 6.20. The fraction of sp³-hybridized carbons (Fsp3) is 0.115. The zero-order valence-electron chi connectivity index (χ0n) is 18.7. The molecule has 0 amide bonds. The third-order valence-corrected chi connectivity index (χ3v) is 8.20. The van der Waals surface area contributed by atoms with Crippen LogP contribution < -0.4 is 0 Å². The van der Waals surface area contributed by atoms with Crippen LogP contribution in [0.1, 0.15) is 21.5 Å². The fourth-order valence-electron chi connectivity index (χ4n) is 4.83. The number of rotatable bonds is 3. The molecule has 0 unspecified atom stereocenters. The number of para-hydroxylation sites is 2. The number of fused-ring (bicyclic) bond motifs is 1. The van der Waals surface area contributed by atoms with Crippen LogP contribution in [0.2, 0.25) is 0 Å². The van der Waals surface area contributed by atoms with Crippen LogP contribution in [0.4, 0.5) is 13.2 Å². The first-order chi connectivity index (χ1) is 17.1. The second kappa shape index (κ2) is 7.23. The summed E-state index contributed by atoms with van der Waals surface area (Å²) in [5, 5.41) is 0.410. The van der Waals surface area contributed by atoms with Crippen molar-refractivity contribution in [2.45, 2.75) is 23.7 Å². The van der Waals surface area contributed by atoms with Crippen LogP contribution >= 0.6 is 0 Å². The van der Waals surface area contributed by atoms with Crippen molar-refractivity contribution in [3.8, 4) is 0 Å². The van der Waals surface area contributed by atoms with E-state index < -0.39 is 33.5 Å². The zero-order chi connectivity index (χ0) is 25.5. The molecule has 0 spiro atoms. The van der Waals surface area contributed by atoms with E-state index in [9.17, 15) is 13.2 Å². The largest absolute Gasteiger partial charge is 0.454 e. The Kier molecular flexibility index (Phi) is 4.50. The minimum atomic E-state index is -5.13. The molecule has 1 aliphatic heterocycles. The summed E-state index contributed by atoms with van der Waals surface area (Å²) >= 11 is 0. The molecule has 0 aliphatic carbocycles. The summed E-state index contributed by atoms with van der Waals surface area (Å²) in [6.45, 7) is 1.79. The number of carbonyl (C=O) groups is 1. The highest BCUT2D eigenvalue weighted by Crippen LogP contribution is 2.51. The minimum Gasteiger partial charge on any atom is -0.420 e. The molecule has 0 fully saturated rings. The third kappa shape index (κ3) is 2.84. The van der Waals surface area contributed by atoms with Crippen molar-refractivity contribution in [2.24, 2.45) is 0 Å². The molecule has 6 nitrogen and oxygen atoms in total. The van der Waals surface area contributed by atoms with Gasteiger partial charge in [-0.15, -0.1) is 0 Å². The highest BCUT2D eigenvalue weighted by Gasteiger charge is 2.64. The second-order valence-corrected chi connectivity index (χ2v) is 10.4. The molecule has 1 aliphatic rings. The van der Waals surface area contributed by atoms with Gasteiger partial charge in [-0.25, -0.2) is 17.2 Å². The van der Waals surface area contributed by atoms with Gasteiger partial charge in [0.2, 0.25) is 0 Å². The molecule has 0 radical (unpaired) electrons. The molecule has 3 aromatic carbocycles. The highest BCUT2D eigenvalue weighted by molar-refractivity contribution is 7.90. The van der Waals surface area contributed by atoms with Crippen LogP contribution in [0.5, 0.6) is 0 Å². The molecule has 182 valence electrons. The average molecular weight is 510 g/mol. The van der Waals surface area contributed by atoms with Gasteiger partial charge >= 0.3 is 17.9 Å². The molecule has 0 saturated carbocycles. The Hall–Kier alpha value is -4.05. The molecular formula is C26H17F3N2O4S. The second-order valence-electron chi connectivity index (χ2n) is 8.63. The number of ether oxygens (including phenoxy) is 1. The molecule has 36 heavy (non-hydrogen) atoms. The van der Waals surface area contributed by atoms with Gasteiger partial charge in [-0.2, -0.15) is 13.2 Å². The highest BCUT2D eigenvalue weighted by atomic mass is 32.2. The summed E-state index contributed by atoms with van der Waals surface area (Å²) in [5.74, 6) is -1.15. The Morgan fingerprint density at radius 1 is 0.917 bits per heavy atom. The van der Waals surface area contributed by atoms with Crippen molar-refractivity contribution < 1.29 is 31.1 Å². The van der Waals surface area contributed by atoms with Gasteiger partial charge < -0.3 is 4.74 Å². The zero-order valence-corrected chi connectivity index (χ0v) is 19.5. The van der Waals surface area contributed by atoms with Gasteiger partial charge in [-0.1, -0.05) is 48.0 Å². The maximum Gasteiger partial charge on any atom is 0.454 e. The van der Waals surface area contributed by atoms with E-state index in [4.69, 9.17) is 4.74 Å². The predicted octanol–water partition coefficient (Wildman–Crippen LogP) is 5.58. The average Bonchev–Trinajstić information content (AvgIpc) is 3.45. The normalized spacial score (nSPS) is 18.1. The van der Waals surface area contributed by atoms with Gasteiger partial charge in [0.15, 0.2) is 0 Å². The number of hydrogen-bond acceptors (Lipinski definition) is 4. The molecule has 10 heteroatoms. The lowest BCUT2D eigenvalue weighted by Crippen LogP contribution is -2.53. The standard InChI is InChI=1S/C26H17F3N2O4S/c1-16-9-11-18(12-10-16)36(33,34)31-15-21(19-6-2-3-8-22(19)31)25(26(27,28)29)30-14-13-17-5-4-7-20(23(17)30)24(32)35-25/h2-15H,1H3/t25-/m1/s1. The smallest absolute Gasteiger partial charge is 0.420 e. The van der Waals surface area contributed by atoms with Crippen LogP contribution in [0.25, 0.3) is 21.8 Å². The molecule has 1 atom stereocenters. The molecule has 2 aromatic heterocycles.